The second-order valence-corrected chi connectivity index (χ2v) is 10.2. The first-order valence-electron chi connectivity index (χ1n) is 12.1. The molecule has 176 valence electrons. The number of nitrogens with one attached hydrogen (secondary N) is 1. The molecule has 2 saturated carbocycles. The van der Waals surface area contributed by atoms with E-state index in [1.807, 2.05) is 24.3 Å². The van der Waals surface area contributed by atoms with Gasteiger partial charge in [0.15, 0.2) is 0 Å². The van der Waals surface area contributed by atoms with Gasteiger partial charge in [-0.2, -0.15) is 0 Å². The molecule has 1 heterocycles. The Bertz CT molecular complexity index is 1130. The van der Waals surface area contributed by atoms with Crippen molar-refractivity contribution in [3.8, 4) is 11.1 Å². The van der Waals surface area contributed by atoms with E-state index in [1.165, 1.54) is 22.3 Å². The molecule has 0 bridgehead atoms. The van der Waals surface area contributed by atoms with Crippen LogP contribution in [0.4, 0.5) is 4.79 Å². The predicted octanol–water partition coefficient (Wildman–Crippen LogP) is 3.77. The number of carbonyl (C=O) groups excluding carboxylic acids is 2. The fourth-order valence-corrected chi connectivity index (χ4v) is 6.62. The molecule has 2 amide bonds. The molecule has 1 aliphatic heterocycles. The van der Waals surface area contributed by atoms with Crippen LogP contribution in [0.2, 0.25) is 0 Å². The van der Waals surface area contributed by atoms with Gasteiger partial charge in [0.25, 0.3) is 0 Å². The number of ether oxygens (including phenoxy) is 1. The van der Waals surface area contributed by atoms with E-state index < -0.39 is 23.5 Å². The summed E-state index contributed by atoms with van der Waals surface area (Å²) in [6.45, 7) is 0.767. The van der Waals surface area contributed by atoms with Gasteiger partial charge in [-0.05, 0) is 60.3 Å². The Hall–Kier alpha value is -3.35. The maximum absolute atomic E-state index is 13.2. The summed E-state index contributed by atoms with van der Waals surface area (Å²) in [6.07, 6.45) is 2.87. The van der Waals surface area contributed by atoms with Crippen LogP contribution < -0.4 is 5.32 Å². The van der Waals surface area contributed by atoms with Crippen molar-refractivity contribution in [1.82, 2.24) is 10.2 Å². The van der Waals surface area contributed by atoms with Crippen LogP contribution in [0.1, 0.15) is 49.1 Å². The minimum atomic E-state index is -0.925. The van der Waals surface area contributed by atoms with E-state index in [-0.39, 0.29) is 30.4 Å². The largest absolute Gasteiger partial charge is 0.480 e. The van der Waals surface area contributed by atoms with Crippen molar-refractivity contribution in [3.63, 3.8) is 0 Å². The van der Waals surface area contributed by atoms with Gasteiger partial charge < -0.3 is 20.1 Å². The molecule has 34 heavy (non-hydrogen) atoms. The quantitative estimate of drug-likeness (QED) is 0.708. The maximum Gasteiger partial charge on any atom is 0.407 e. The lowest BCUT2D eigenvalue weighted by atomic mass is 9.98. The van der Waals surface area contributed by atoms with E-state index in [2.05, 4.69) is 29.6 Å². The molecule has 4 atom stereocenters. The van der Waals surface area contributed by atoms with Gasteiger partial charge in [-0.1, -0.05) is 48.5 Å². The molecule has 0 radical (unpaired) electrons. The molecule has 1 saturated heterocycles. The molecule has 7 heteroatoms. The number of hydrogen-bond acceptors (Lipinski definition) is 4. The summed E-state index contributed by atoms with van der Waals surface area (Å²) in [7, 11) is 0. The number of hydrogen-bond donors (Lipinski definition) is 2. The summed E-state index contributed by atoms with van der Waals surface area (Å²) in [6, 6.07) is 15.6. The Morgan fingerprint density at radius 2 is 1.71 bits per heavy atom. The van der Waals surface area contributed by atoms with Crippen molar-refractivity contribution >= 4 is 18.0 Å². The van der Waals surface area contributed by atoms with Crippen LogP contribution in [-0.2, 0) is 14.3 Å². The van der Waals surface area contributed by atoms with E-state index >= 15 is 0 Å². The van der Waals surface area contributed by atoms with E-state index in [0.29, 0.717) is 19.4 Å². The second-order valence-electron chi connectivity index (χ2n) is 10.2. The lowest BCUT2D eigenvalue weighted by Crippen LogP contribution is -2.45. The van der Waals surface area contributed by atoms with Crippen molar-refractivity contribution in [2.75, 3.05) is 13.2 Å². The highest BCUT2D eigenvalue weighted by atomic mass is 16.5. The first-order chi connectivity index (χ1) is 16.5. The third-order valence-electron chi connectivity index (χ3n) is 8.30. The maximum atomic E-state index is 13.2. The summed E-state index contributed by atoms with van der Waals surface area (Å²) in [5, 5.41) is 12.4. The van der Waals surface area contributed by atoms with Crippen LogP contribution in [0.15, 0.2) is 48.5 Å². The number of carbonyl (C=O) groups is 3. The van der Waals surface area contributed by atoms with Crippen LogP contribution >= 0.6 is 0 Å². The van der Waals surface area contributed by atoms with Crippen molar-refractivity contribution in [2.45, 2.75) is 50.1 Å². The van der Waals surface area contributed by atoms with E-state index in [9.17, 15) is 19.5 Å². The monoisotopic (exact) mass is 460 g/mol. The number of likely N-dealkylation sites (tertiary alicyclic amines) is 1. The molecule has 4 aliphatic rings. The van der Waals surface area contributed by atoms with Crippen LogP contribution in [0.25, 0.3) is 11.1 Å². The Morgan fingerprint density at radius 1 is 1.03 bits per heavy atom. The molecule has 2 aromatic carbocycles. The number of rotatable bonds is 5. The minimum Gasteiger partial charge on any atom is -0.480 e. The third-order valence-corrected chi connectivity index (χ3v) is 8.30. The molecule has 0 spiro atoms. The predicted molar refractivity (Wildman–Crippen MR) is 124 cm³/mol. The Morgan fingerprint density at radius 3 is 2.38 bits per heavy atom. The summed E-state index contributed by atoms with van der Waals surface area (Å²) < 4.78 is 5.67. The lowest BCUT2D eigenvalue weighted by molar-refractivity contribution is -0.150. The van der Waals surface area contributed by atoms with Crippen LogP contribution in [-0.4, -0.2) is 53.2 Å². The van der Waals surface area contributed by atoms with Gasteiger partial charge >= 0.3 is 12.1 Å². The molecule has 2 N–H and O–H groups in total. The molecule has 3 aliphatic carbocycles. The number of nitrogens with zero attached hydrogens (tertiary/aromatic N) is 1. The highest BCUT2D eigenvalue weighted by Gasteiger charge is 2.66. The lowest BCUT2D eigenvalue weighted by Gasteiger charge is -2.26. The number of alkyl carbamates (subject to hydrolysis) is 1. The fourth-order valence-electron chi connectivity index (χ4n) is 6.62. The number of carboxylic acids is 1. The molecular weight excluding hydrogens is 432 g/mol. The Labute approximate surface area is 198 Å². The molecule has 3 fully saturated rings. The summed E-state index contributed by atoms with van der Waals surface area (Å²) in [5.41, 5.74) is 4.21. The summed E-state index contributed by atoms with van der Waals surface area (Å²) in [5.74, 6) is -0.745. The highest BCUT2D eigenvalue weighted by Crippen LogP contribution is 2.64. The molecule has 0 aromatic heterocycles. The second kappa shape index (κ2) is 7.86. The molecule has 6 rings (SSSR count). The van der Waals surface area contributed by atoms with Crippen molar-refractivity contribution in [3.05, 3.63) is 59.7 Å². The van der Waals surface area contributed by atoms with Crippen LogP contribution in [0, 0.1) is 11.3 Å². The molecule has 7 nitrogen and oxygen atoms in total. The van der Waals surface area contributed by atoms with Gasteiger partial charge in [0, 0.05) is 18.5 Å². The van der Waals surface area contributed by atoms with Gasteiger partial charge in [-0.15, -0.1) is 0 Å². The number of aliphatic carboxylic acids is 1. The van der Waals surface area contributed by atoms with Crippen molar-refractivity contribution in [2.24, 2.45) is 11.3 Å². The summed E-state index contributed by atoms with van der Waals surface area (Å²) >= 11 is 0. The van der Waals surface area contributed by atoms with E-state index in [4.69, 9.17) is 4.74 Å². The van der Waals surface area contributed by atoms with Crippen molar-refractivity contribution in [1.29, 1.82) is 0 Å². The zero-order valence-corrected chi connectivity index (χ0v) is 18.9. The van der Waals surface area contributed by atoms with Crippen LogP contribution in [0.3, 0.4) is 0 Å². The Kier molecular flexibility index (Phi) is 4.90. The van der Waals surface area contributed by atoms with Gasteiger partial charge in [0.05, 0.1) is 5.41 Å². The summed E-state index contributed by atoms with van der Waals surface area (Å²) in [4.78, 5) is 39.0. The average molecular weight is 461 g/mol. The average Bonchev–Trinajstić information content (AvgIpc) is 3.18. The third kappa shape index (κ3) is 3.29. The molecule has 0 unspecified atom stereocenters. The fraction of sp³-hybridized carbons (Fsp3) is 0.444. The SMILES string of the molecule is O=C(N[C@H]1C[C@@H]2C[C@]2(C(=O)N2CCC[C@@H]2C(=O)O)C1)OCC1c2ccccc2-c2ccccc21. The van der Waals surface area contributed by atoms with Gasteiger partial charge in [-0.25, -0.2) is 9.59 Å². The topological polar surface area (TPSA) is 95.9 Å². The van der Waals surface area contributed by atoms with Gasteiger partial charge in [-0.3, -0.25) is 4.79 Å². The zero-order valence-electron chi connectivity index (χ0n) is 18.9. The number of amides is 2. The van der Waals surface area contributed by atoms with Crippen molar-refractivity contribution < 1.29 is 24.2 Å². The molecule has 2 aromatic rings. The van der Waals surface area contributed by atoms with Gasteiger partial charge in [0.1, 0.15) is 12.6 Å². The van der Waals surface area contributed by atoms with E-state index in [1.54, 1.807) is 4.90 Å². The zero-order chi connectivity index (χ0) is 23.4. The number of fused-ring (bicyclic) bond motifs is 4. The first kappa shape index (κ1) is 21.2. The minimum absolute atomic E-state index is 0.00571. The number of benzene rings is 2. The van der Waals surface area contributed by atoms with E-state index in [0.717, 1.165) is 19.3 Å². The highest BCUT2D eigenvalue weighted by molar-refractivity contribution is 5.91. The van der Waals surface area contributed by atoms with Gasteiger partial charge in [0.2, 0.25) is 5.91 Å². The standard InChI is InChI=1S/C27H28N2O5/c30-24(31)23-10-5-11-29(23)25(32)27-13-16(27)12-17(14-27)28-26(33)34-15-22-20-8-3-1-6-18(20)19-7-2-4-9-21(19)22/h1-4,6-9,16-17,22-23H,5,10-15H2,(H,28,33)(H,30,31)/t16-,17+,23-,27+/m1/s1. The van der Waals surface area contributed by atoms with Crippen LogP contribution in [0.5, 0.6) is 0 Å². The Balaban J connectivity index is 1.07. The number of carboxylic acid groups (broad SMARTS) is 1. The smallest absolute Gasteiger partial charge is 0.407 e. The normalized spacial score (nSPS) is 28.7. The molecular formula is C27H28N2O5. The first-order valence-corrected chi connectivity index (χ1v) is 12.1.